The zero-order valence-corrected chi connectivity index (χ0v) is 13.8. The molecule has 6 heteroatoms. The van der Waals surface area contributed by atoms with Crippen molar-refractivity contribution < 1.29 is 14.7 Å². The van der Waals surface area contributed by atoms with Gasteiger partial charge in [0.2, 0.25) is 5.91 Å². The van der Waals surface area contributed by atoms with Gasteiger partial charge in [0, 0.05) is 5.56 Å². The van der Waals surface area contributed by atoms with Gasteiger partial charge in [0.1, 0.15) is 10.4 Å². The van der Waals surface area contributed by atoms with Crippen molar-refractivity contribution >= 4 is 23.2 Å². The number of carboxylic acid groups (broad SMARTS) is 1. The smallest absolute Gasteiger partial charge is 0.319 e. The molecule has 1 saturated carbocycles. The number of nitrogens with one attached hydrogen (secondary N) is 1. The predicted octanol–water partition coefficient (Wildman–Crippen LogP) is 3.16. The van der Waals surface area contributed by atoms with Gasteiger partial charge in [0.05, 0.1) is 16.6 Å². The molecule has 1 unspecified atom stereocenters. The maximum absolute atomic E-state index is 12.2. The molecule has 1 aromatic carbocycles. The molecule has 120 valence electrons. The summed E-state index contributed by atoms with van der Waals surface area (Å²) >= 11 is 1.53. The normalized spacial score (nSPS) is 16.6. The Hall–Kier alpha value is -2.21. The number of aryl methyl sites for hydroxylation is 1. The Morgan fingerprint density at radius 3 is 2.52 bits per heavy atom. The number of amides is 1. The highest BCUT2D eigenvalue weighted by Gasteiger charge is 2.57. The quantitative estimate of drug-likeness (QED) is 0.825. The molecule has 2 N–H and O–H groups in total. The molecule has 5 nitrogen and oxygen atoms in total. The van der Waals surface area contributed by atoms with Gasteiger partial charge in [0.15, 0.2) is 0 Å². The lowest BCUT2D eigenvalue weighted by Gasteiger charge is -2.16. The van der Waals surface area contributed by atoms with Crippen LogP contribution in [0.15, 0.2) is 30.3 Å². The molecular formula is C17H18N2O3S. The van der Waals surface area contributed by atoms with E-state index < -0.39 is 17.3 Å². The zero-order valence-electron chi connectivity index (χ0n) is 13.0. The van der Waals surface area contributed by atoms with E-state index in [9.17, 15) is 14.7 Å². The van der Waals surface area contributed by atoms with Gasteiger partial charge in [-0.25, -0.2) is 4.98 Å². The average molecular weight is 330 g/mol. The fraction of sp³-hybridized carbons (Fsp3) is 0.353. The summed E-state index contributed by atoms with van der Waals surface area (Å²) in [5, 5.41) is 12.9. The van der Waals surface area contributed by atoms with Crippen LogP contribution in [-0.4, -0.2) is 22.0 Å². The summed E-state index contributed by atoms with van der Waals surface area (Å²) in [6.45, 7) is 3.77. The molecule has 0 radical (unpaired) electrons. The minimum absolute atomic E-state index is 0.255. The molecule has 2 aromatic rings. The van der Waals surface area contributed by atoms with Crippen molar-refractivity contribution in [2.75, 3.05) is 0 Å². The standard InChI is InChI=1S/C17H18N2O3S/c1-10-13(23-14(18-10)12-6-4-3-5-7-12)11(2)19-15(20)17(8-9-17)16(21)22/h3-7,11H,8-9H2,1-2H3,(H,19,20)(H,21,22). The summed E-state index contributed by atoms with van der Waals surface area (Å²) in [5.41, 5.74) is 0.686. The third-order valence-corrected chi connectivity index (χ3v) is 5.58. The van der Waals surface area contributed by atoms with Crippen molar-refractivity contribution in [1.29, 1.82) is 0 Å². The van der Waals surface area contributed by atoms with Gasteiger partial charge in [-0.3, -0.25) is 9.59 Å². The molecular weight excluding hydrogens is 312 g/mol. The molecule has 1 heterocycles. The minimum Gasteiger partial charge on any atom is -0.480 e. The zero-order chi connectivity index (χ0) is 16.6. The molecule has 1 aliphatic carbocycles. The fourth-order valence-corrected chi connectivity index (χ4v) is 3.65. The Morgan fingerprint density at radius 2 is 1.96 bits per heavy atom. The van der Waals surface area contributed by atoms with Crippen LogP contribution in [0.25, 0.3) is 10.6 Å². The highest BCUT2D eigenvalue weighted by molar-refractivity contribution is 7.15. The SMILES string of the molecule is Cc1nc(-c2ccccc2)sc1C(C)NC(=O)C1(C(=O)O)CC1. The molecule has 1 fully saturated rings. The van der Waals surface area contributed by atoms with Gasteiger partial charge in [-0.15, -0.1) is 11.3 Å². The van der Waals surface area contributed by atoms with Crippen LogP contribution >= 0.6 is 11.3 Å². The second kappa shape index (κ2) is 5.77. The van der Waals surface area contributed by atoms with Crippen LogP contribution in [0.4, 0.5) is 0 Å². The summed E-state index contributed by atoms with van der Waals surface area (Å²) in [6.07, 6.45) is 0.829. The molecule has 0 aliphatic heterocycles. The molecule has 1 aliphatic rings. The first-order valence-electron chi connectivity index (χ1n) is 7.51. The molecule has 1 amide bonds. The third kappa shape index (κ3) is 2.86. The maximum atomic E-state index is 12.2. The van der Waals surface area contributed by atoms with Crippen molar-refractivity contribution in [2.24, 2.45) is 5.41 Å². The summed E-state index contributed by atoms with van der Waals surface area (Å²) in [5.74, 6) is -1.43. The molecule has 0 bridgehead atoms. The van der Waals surface area contributed by atoms with Crippen LogP contribution < -0.4 is 5.32 Å². The number of hydrogen-bond acceptors (Lipinski definition) is 4. The van der Waals surface area contributed by atoms with Gasteiger partial charge < -0.3 is 10.4 Å². The largest absolute Gasteiger partial charge is 0.480 e. The van der Waals surface area contributed by atoms with Crippen molar-refractivity contribution in [3.05, 3.63) is 40.9 Å². The number of rotatable bonds is 5. The van der Waals surface area contributed by atoms with Crippen molar-refractivity contribution in [3.8, 4) is 10.6 Å². The van der Waals surface area contributed by atoms with Crippen molar-refractivity contribution in [3.63, 3.8) is 0 Å². The van der Waals surface area contributed by atoms with Crippen LogP contribution in [0.2, 0.25) is 0 Å². The number of aromatic nitrogens is 1. The number of carboxylic acids is 1. The summed E-state index contributed by atoms with van der Waals surface area (Å²) in [7, 11) is 0. The van der Waals surface area contributed by atoms with E-state index in [0.717, 1.165) is 21.1 Å². The van der Waals surface area contributed by atoms with Gasteiger partial charge in [-0.05, 0) is 26.7 Å². The number of carbonyl (C=O) groups excluding carboxylic acids is 1. The highest BCUT2D eigenvalue weighted by atomic mass is 32.1. The van der Waals surface area contributed by atoms with Gasteiger partial charge in [-0.1, -0.05) is 30.3 Å². The molecule has 3 rings (SSSR count). The maximum Gasteiger partial charge on any atom is 0.319 e. The predicted molar refractivity (Wildman–Crippen MR) is 88.1 cm³/mol. The fourth-order valence-electron chi connectivity index (χ4n) is 2.58. The van der Waals surface area contributed by atoms with E-state index in [0.29, 0.717) is 12.8 Å². The lowest BCUT2D eigenvalue weighted by Crippen LogP contribution is -2.38. The Labute approximate surface area is 138 Å². The monoisotopic (exact) mass is 330 g/mol. The van der Waals surface area contributed by atoms with E-state index >= 15 is 0 Å². The summed E-state index contributed by atoms with van der Waals surface area (Å²) in [6, 6.07) is 9.61. The Morgan fingerprint density at radius 1 is 1.30 bits per heavy atom. The molecule has 23 heavy (non-hydrogen) atoms. The van der Waals surface area contributed by atoms with E-state index in [-0.39, 0.29) is 6.04 Å². The summed E-state index contributed by atoms with van der Waals surface area (Å²) < 4.78 is 0. The first kappa shape index (κ1) is 15.7. The number of aliphatic carboxylic acids is 1. The number of thiazole rings is 1. The topological polar surface area (TPSA) is 79.3 Å². The van der Waals surface area contributed by atoms with Gasteiger partial charge in [-0.2, -0.15) is 0 Å². The molecule has 0 spiro atoms. The Balaban J connectivity index is 1.78. The first-order chi connectivity index (χ1) is 10.9. The van der Waals surface area contributed by atoms with Crippen molar-refractivity contribution in [2.45, 2.75) is 32.7 Å². The van der Waals surface area contributed by atoms with Crippen LogP contribution in [0.5, 0.6) is 0 Å². The highest BCUT2D eigenvalue weighted by Crippen LogP contribution is 2.46. The second-order valence-corrected chi connectivity index (χ2v) is 6.95. The molecule has 0 saturated heterocycles. The number of benzene rings is 1. The van der Waals surface area contributed by atoms with Gasteiger partial charge in [0.25, 0.3) is 0 Å². The lowest BCUT2D eigenvalue weighted by atomic mass is 10.1. The first-order valence-corrected chi connectivity index (χ1v) is 8.33. The Kier molecular flexibility index (Phi) is 3.93. The minimum atomic E-state index is -1.21. The molecule has 1 atom stereocenters. The van der Waals surface area contributed by atoms with E-state index in [2.05, 4.69) is 10.3 Å². The number of nitrogens with zero attached hydrogens (tertiary/aromatic N) is 1. The second-order valence-electron chi connectivity index (χ2n) is 5.92. The van der Waals surface area contributed by atoms with Crippen LogP contribution in [0, 0.1) is 12.3 Å². The van der Waals surface area contributed by atoms with Crippen LogP contribution in [0.1, 0.15) is 36.4 Å². The van der Waals surface area contributed by atoms with E-state index in [1.54, 1.807) is 0 Å². The summed E-state index contributed by atoms with van der Waals surface area (Å²) in [4.78, 5) is 29.0. The van der Waals surface area contributed by atoms with Crippen LogP contribution in [0.3, 0.4) is 0 Å². The van der Waals surface area contributed by atoms with Crippen LogP contribution in [-0.2, 0) is 9.59 Å². The average Bonchev–Trinajstić information content (AvgIpc) is 3.26. The number of hydrogen-bond donors (Lipinski definition) is 2. The van der Waals surface area contributed by atoms with E-state index in [4.69, 9.17) is 0 Å². The van der Waals surface area contributed by atoms with E-state index in [1.807, 2.05) is 44.2 Å². The van der Waals surface area contributed by atoms with Crippen molar-refractivity contribution in [1.82, 2.24) is 10.3 Å². The van der Waals surface area contributed by atoms with E-state index in [1.165, 1.54) is 11.3 Å². The lowest BCUT2D eigenvalue weighted by molar-refractivity contribution is -0.149. The third-order valence-electron chi connectivity index (χ3n) is 4.19. The Bertz CT molecular complexity index is 750. The number of carbonyl (C=O) groups is 2. The molecule has 1 aromatic heterocycles. The van der Waals surface area contributed by atoms with Gasteiger partial charge >= 0.3 is 5.97 Å².